The Labute approximate surface area is 168 Å². The molecule has 0 aliphatic rings. The average molecular weight is 397 g/mol. The number of aryl methyl sites for hydroxylation is 1. The Balaban J connectivity index is 1.63. The second-order valence-corrected chi connectivity index (χ2v) is 6.63. The van der Waals surface area contributed by atoms with Crippen molar-refractivity contribution in [3.05, 3.63) is 76.7 Å². The number of methoxy groups -OCH3 is 1. The molecule has 2 aromatic carbocycles. The Kier molecular flexibility index (Phi) is 6.45. The molecule has 0 radical (unpaired) electrons. The number of aromatic nitrogens is 2. The van der Waals surface area contributed by atoms with Crippen molar-refractivity contribution in [2.45, 2.75) is 13.3 Å². The number of nitrogens with zero attached hydrogens (tertiary/aromatic N) is 2. The van der Waals surface area contributed by atoms with E-state index < -0.39 is 0 Å². The minimum atomic E-state index is -0.319. The smallest absolute Gasteiger partial charge is 0.274 e. The Morgan fingerprint density at radius 3 is 2.79 bits per heavy atom. The van der Waals surface area contributed by atoms with Gasteiger partial charge in [0.05, 0.1) is 7.11 Å². The summed E-state index contributed by atoms with van der Waals surface area (Å²) in [6, 6.07) is 14.8. The Morgan fingerprint density at radius 2 is 1.96 bits per heavy atom. The zero-order valence-electron chi connectivity index (χ0n) is 15.7. The average Bonchev–Trinajstić information content (AvgIpc) is 2.71. The summed E-state index contributed by atoms with van der Waals surface area (Å²) in [6.07, 6.45) is 2.13. The van der Waals surface area contributed by atoms with Crippen LogP contribution < -0.4 is 15.4 Å². The van der Waals surface area contributed by atoms with Crippen LogP contribution in [-0.2, 0) is 6.42 Å². The van der Waals surface area contributed by atoms with Gasteiger partial charge in [0, 0.05) is 23.3 Å². The highest BCUT2D eigenvalue weighted by Crippen LogP contribution is 2.21. The maximum atomic E-state index is 12.5. The molecule has 0 atom stereocenters. The van der Waals surface area contributed by atoms with Gasteiger partial charge in [-0.25, -0.2) is 9.97 Å². The summed E-state index contributed by atoms with van der Waals surface area (Å²) in [7, 11) is 1.66. The minimum absolute atomic E-state index is 0.272. The van der Waals surface area contributed by atoms with E-state index in [2.05, 4.69) is 20.6 Å². The molecule has 0 unspecified atom stereocenters. The number of hydrogen-bond donors (Lipinski definition) is 2. The number of ether oxygens (including phenoxy) is 1. The number of hydrogen-bond acceptors (Lipinski definition) is 5. The van der Waals surface area contributed by atoms with Gasteiger partial charge in [0.15, 0.2) is 0 Å². The van der Waals surface area contributed by atoms with Crippen LogP contribution in [0.15, 0.2) is 54.9 Å². The second-order valence-electron chi connectivity index (χ2n) is 6.19. The summed E-state index contributed by atoms with van der Waals surface area (Å²) < 4.78 is 5.36. The molecule has 1 aromatic heterocycles. The van der Waals surface area contributed by atoms with Crippen LogP contribution in [0.1, 0.15) is 21.6 Å². The molecule has 0 aliphatic heterocycles. The fourth-order valence-corrected chi connectivity index (χ4v) is 2.90. The fraction of sp³-hybridized carbons (Fsp3) is 0.190. The van der Waals surface area contributed by atoms with Gasteiger partial charge in [-0.2, -0.15) is 0 Å². The molecule has 1 amide bonds. The summed E-state index contributed by atoms with van der Waals surface area (Å²) in [5.74, 6) is 1.11. The molecule has 2 N–H and O–H groups in total. The van der Waals surface area contributed by atoms with E-state index in [1.165, 1.54) is 6.33 Å². The van der Waals surface area contributed by atoms with Crippen LogP contribution in [0.2, 0.25) is 5.02 Å². The number of carbonyl (C=O) groups excluding carboxylic acids is 1. The van der Waals surface area contributed by atoms with Crippen LogP contribution in [-0.4, -0.2) is 29.5 Å². The lowest BCUT2D eigenvalue weighted by atomic mass is 10.1. The first-order valence-corrected chi connectivity index (χ1v) is 9.20. The van der Waals surface area contributed by atoms with E-state index in [0.29, 0.717) is 23.1 Å². The molecule has 3 aromatic rings. The number of halogens is 1. The molecule has 0 fully saturated rings. The molecular weight excluding hydrogens is 376 g/mol. The van der Waals surface area contributed by atoms with E-state index >= 15 is 0 Å². The van der Waals surface area contributed by atoms with Crippen LogP contribution >= 0.6 is 11.6 Å². The number of anilines is 2. The predicted octanol–water partition coefficient (Wildman–Crippen LogP) is 4.35. The van der Waals surface area contributed by atoms with E-state index in [1.54, 1.807) is 25.3 Å². The van der Waals surface area contributed by atoms with Crippen LogP contribution in [0, 0.1) is 6.92 Å². The SMILES string of the molecule is COc1ccccc1CCNc1cc(C(=O)Nc2cc(Cl)ccc2C)ncn1. The van der Waals surface area contributed by atoms with Gasteiger partial charge in [0.2, 0.25) is 0 Å². The summed E-state index contributed by atoms with van der Waals surface area (Å²) in [5.41, 5.74) is 2.94. The molecule has 28 heavy (non-hydrogen) atoms. The second kappa shape index (κ2) is 9.19. The van der Waals surface area contributed by atoms with Crippen LogP contribution in [0.25, 0.3) is 0 Å². The van der Waals surface area contributed by atoms with E-state index in [1.807, 2.05) is 37.3 Å². The van der Waals surface area contributed by atoms with E-state index in [-0.39, 0.29) is 11.6 Å². The third-order valence-electron chi connectivity index (χ3n) is 4.24. The lowest BCUT2D eigenvalue weighted by Gasteiger charge is -2.11. The molecule has 3 rings (SSSR count). The molecule has 0 aliphatic carbocycles. The number of nitrogens with one attached hydrogen (secondary N) is 2. The number of carbonyl (C=O) groups is 1. The minimum Gasteiger partial charge on any atom is -0.496 e. The van der Waals surface area contributed by atoms with Crippen LogP contribution in [0.3, 0.4) is 0 Å². The van der Waals surface area contributed by atoms with Crippen LogP contribution in [0.4, 0.5) is 11.5 Å². The molecule has 7 heteroatoms. The monoisotopic (exact) mass is 396 g/mol. The van der Waals surface area contributed by atoms with Gasteiger partial charge < -0.3 is 15.4 Å². The number of amides is 1. The first-order chi connectivity index (χ1) is 13.6. The van der Waals surface area contributed by atoms with Crippen molar-refractivity contribution in [3.63, 3.8) is 0 Å². The maximum absolute atomic E-state index is 12.5. The third-order valence-corrected chi connectivity index (χ3v) is 4.48. The number of benzene rings is 2. The summed E-state index contributed by atoms with van der Waals surface area (Å²) in [5, 5.41) is 6.61. The predicted molar refractivity (Wildman–Crippen MR) is 111 cm³/mol. The van der Waals surface area contributed by atoms with Crippen molar-refractivity contribution in [3.8, 4) is 5.75 Å². The molecule has 0 saturated carbocycles. The molecule has 6 nitrogen and oxygen atoms in total. The highest BCUT2D eigenvalue weighted by Gasteiger charge is 2.11. The van der Waals surface area contributed by atoms with E-state index in [0.717, 1.165) is 23.3 Å². The summed E-state index contributed by atoms with van der Waals surface area (Å²) in [4.78, 5) is 20.8. The summed E-state index contributed by atoms with van der Waals surface area (Å²) >= 11 is 6.00. The molecular formula is C21H21ClN4O2. The maximum Gasteiger partial charge on any atom is 0.274 e. The van der Waals surface area contributed by atoms with Crippen molar-refractivity contribution in [2.24, 2.45) is 0 Å². The lowest BCUT2D eigenvalue weighted by Crippen LogP contribution is -2.16. The van der Waals surface area contributed by atoms with Gasteiger partial charge >= 0.3 is 0 Å². The largest absolute Gasteiger partial charge is 0.496 e. The van der Waals surface area contributed by atoms with Gasteiger partial charge in [-0.1, -0.05) is 35.9 Å². The molecule has 0 bridgehead atoms. The zero-order chi connectivity index (χ0) is 19.9. The Hall–Kier alpha value is -3.12. The highest BCUT2D eigenvalue weighted by atomic mass is 35.5. The number of rotatable bonds is 7. The highest BCUT2D eigenvalue weighted by molar-refractivity contribution is 6.31. The Morgan fingerprint density at radius 1 is 1.14 bits per heavy atom. The van der Waals surface area contributed by atoms with Crippen molar-refractivity contribution in [1.29, 1.82) is 0 Å². The molecule has 144 valence electrons. The quantitative estimate of drug-likeness (QED) is 0.620. The first kappa shape index (κ1) is 19.6. The zero-order valence-corrected chi connectivity index (χ0v) is 16.5. The normalized spacial score (nSPS) is 10.4. The first-order valence-electron chi connectivity index (χ1n) is 8.82. The molecule has 0 saturated heterocycles. The third kappa shape index (κ3) is 4.98. The summed E-state index contributed by atoms with van der Waals surface area (Å²) in [6.45, 7) is 2.54. The molecule has 1 heterocycles. The van der Waals surface area contributed by atoms with Gasteiger partial charge in [0.1, 0.15) is 23.6 Å². The van der Waals surface area contributed by atoms with Crippen molar-refractivity contribution < 1.29 is 9.53 Å². The van der Waals surface area contributed by atoms with Gasteiger partial charge in [0.25, 0.3) is 5.91 Å². The van der Waals surface area contributed by atoms with E-state index in [4.69, 9.17) is 16.3 Å². The standard InChI is InChI=1S/C21H21ClN4O2/c1-14-7-8-16(22)11-17(14)26-21(27)18-12-20(25-13-24-18)23-10-9-15-5-3-4-6-19(15)28-2/h3-8,11-13H,9-10H2,1-2H3,(H,26,27)(H,23,24,25). The van der Waals surface area contributed by atoms with Crippen molar-refractivity contribution in [2.75, 3.05) is 24.3 Å². The molecule has 0 spiro atoms. The lowest BCUT2D eigenvalue weighted by molar-refractivity contribution is 0.102. The number of para-hydroxylation sites is 1. The van der Waals surface area contributed by atoms with Gasteiger partial charge in [-0.3, -0.25) is 4.79 Å². The van der Waals surface area contributed by atoms with Gasteiger partial charge in [-0.05, 0) is 42.7 Å². The van der Waals surface area contributed by atoms with Crippen molar-refractivity contribution in [1.82, 2.24) is 9.97 Å². The fourth-order valence-electron chi connectivity index (χ4n) is 2.73. The topological polar surface area (TPSA) is 76.1 Å². The van der Waals surface area contributed by atoms with Crippen molar-refractivity contribution >= 4 is 29.0 Å². The van der Waals surface area contributed by atoms with E-state index in [9.17, 15) is 4.79 Å². The Bertz CT molecular complexity index is 978. The van der Waals surface area contributed by atoms with Gasteiger partial charge in [-0.15, -0.1) is 0 Å². The van der Waals surface area contributed by atoms with Crippen LogP contribution in [0.5, 0.6) is 5.75 Å².